The maximum atomic E-state index is 10.7. The van der Waals surface area contributed by atoms with Gasteiger partial charge in [0.2, 0.25) is 10.0 Å². The summed E-state index contributed by atoms with van der Waals surface area (Å²) in [7, 11) is -1.63. The molecule has 0 bridgehead atoms. The summed E-state index contributed by atoms with van der Waals surface area (Å²) in [6, 6.07) is 0. The van der Waals surface area contributed by atoms with Gasteiger partial charge in [-0.15, -0.1) is 0 Å². The third-order valence-corrected chi connectivity index (χ3v) is 3.70. The van der Waals surface area contributed by atoms with Crippen molar-refractivity contribution in [3.63, 3.8) is 0 Å². The summed E-state index contributed by atoms with van der Waals surface area (Å²) in [5, 5.41) is 4.89. The van der Waals surface area contributed by atoms with Crippen LogP contribution in [-0.2, 0) is 19.5 Å². The fourth-order valence-corrected chi connectivity index (χ4v) is 2.50. The topological polar surface area (TPSA) is 78.6 Å². The summed E-state index contributed by atoms with van der Waals surface area (Å²) in [6.07, 6.45) is 5.11. The summed E-state index contributed by atoms with van der Waals surface area (Å²) >= 11 is 0. The molecule has 0 aromatic rings. The molecule has 1 aliphatic carbocycles. The molecule has 0 spiro atoms. The molecule has 0 aromatic carbocycles. The molecule has 6 heteroatoms. The van der Waals surface area contributed by atoms with Gasteiger partial charge >= 0.3 is 0 Å². The van der Waals surface area contributed by atoms with Gasteiger partial charge < -0.3 is 9.47 Å². The molecule has 0 radical (unpaired) electrons. The van der Waals surface area contributed by atoms with E-state index in [1.807, 2.05) is 0 Å². The number of nitrogens with two attached hydrogens (primary N) is 1. The van der Waals surface area contributed by atoms with E-state index >= 15 is 0 Å². The van der Waals surface area contributed by atoms with E-state index in [0.29, 0.717) is 13.0 Å². The number of ether oxygens (including phenoxy) is 2. The fourth-order valence-electron chi connectivity index (χ4n) is 1.98. The first-order chi connectivity index (χ1) is 7.51. The lowest BCUT2D eigenvalue weighted by Gasteiger charge is -2.28. The van der Waals surface area contributed by atoms with Crippen molar-refractivity contribution >= 4 is 10.0 Å². The Kier molecular flexibility index (Phi) is 5.68. The smallest absolute Gasteiger partial charge is 0.209 e. The normalized spacial score (nSPS) is 26.9. The fraction of sp³-hybridized carbons (Fsp3) is 1.00. The van der Waals surface area contributed by atoms with Crippen molar-refractivity contribution in [2.45, 2.75) is 44.3 Å². The van der Waals surface area contributed by atoms with E-state index in [0.717, 1.165) is 25.7 Å². The Hall–Kier alpha value is -0.170. The largest absolute Gasteiger partial charge is 0.381 e. The Balaban J connectivity index is 2.13. The van der Waals surface area contributed by atoms with Crippen molar-refractivity contribution in [2.75, 3.05) is 19.5 Å². The Morgan fingerprint density at radius 2 is 2.00 bits per heavy atom. The molecule has 2 unspecified atom stereocenters. The highest BCUT2D eigenvalue weighted by Crippen LogP contribution is 2.23. The Morgan fingerprint density at radius 1 is 1.31 bits per heavy atom. The van der Waals surface area contributed by atoms with Crippen LogP contribution in [-0.4, -0.2) is 40.1 Å². The maximum absolute atomic E-state index is 10.7. The number of sulfonamides is 1. The standard InChI is InChI=1S/C10H21NO4S/c1-14-9-4-2-5-10(8-9)15-6-3-7-16(11,12)13/h9-10H,2-8H2,1H3,(H2,11,12,13). The van der Waals surface area contributed by atoms with Crippen LogP contribution in [0.2, 0.25) is 0 Å². The van der Waals surface area contributed by atoms with Crippen molar-refractivity contribution in [2.24, 2.45) is 5.14 Å². The van der Waals surface area contributed by atoms with Gasteiger partial charge in [-0.2, -0.15) is 0 Å². The first-order valence-corrected chi connectivity index (χ1v) is 7.37. The minimum Gasteiger partial charge on any atom is -0.381 e. The summed E-state index contributed by atoms with van der Waals surface area (Å²) in [4.78, 5) is 0. The Morgan fingerprint density at radius 3 is 2.62 bits per heavy atom. The molecule has 5 nitrogen and oxygen atoms in total. The SMILES string of the molecule is COC1CCCC(OCCCS(N)(=O)=O)C1. The van der Waals surface area contributed by atoms with Gasteiger partial charge in [-0.3, -0.25) is 0 Å². The van der Waals surface area contributed by atoms with Crippen LogP contribution >= 0.6 is 0 Å². The maximum Gasteiger partial charge on any atom is 0.209 e. The second kappa shape index (κ2) is 6.54. The van der Waals surface area contributed by atoms with Gasteiger partial charge in [0, 0.05) is 13.7 Å². The molecular weight excluding hydrogens is 230 g/mol. The average Bonchev–Trinajstić information content (AvgIpc) is 2.23. The zero-order valence-electron chi connectivity index (χ0n) is 9.72. The highest BCUT2D eigenvalue weighted by atomic mass is 32.2. The molecule has 0 aromatic heterocycles. The molecule has 0 saturated heterocycles. The summed E-state index contributed by atoms with van der Waals surface area (Å²) in [5.41, 5.74) is 0. The van der Waals surface area contributed by atoms with Crippen LogP contribution in [0.25, 0.3) is 0 Å². The summed E-state index contributed by atoms with van der Waals surface area (Å²) in [6.45, 7) is 0.456. The monoisotopic (exact) mass is 251 g/mol. The molecule has 0 aliphatic heterocycles. The van der Waals surface area contributed by atoms with Crippen LogP contribution in [0.3, 0.4) is 0 Å². The van der Waals surface area contributed by atoms with Gasteiger partial charge in [0.25, 0.3) is 0 Å². The van der Waals surface area contributed by atoms with Gasteiger partial charge in [-0.05, 0) is 32.1 Å². The van der Waals surface area contributed by atoms with E-state index in [2.05, 4.69) is 0 Å². The van der Waals surface area contributed by atoms with Gasteiger partial charge in [0.05, 0.1) is 18.0 Å². The zero-order chi connectivity index (χ0) is 12.0. The molecule has 1 fully saturated rings. The lowest BCUT2D eigenvalue weighted by Crippen LogP contribution is -2.28. The first kappa shape index (κ1) is 13.9. The van der Waals surface area contributed by atoms with Crippen LogP contribution in [0, 0.1) is 0 Å². The van der Waals surface area contributed by atoms with Gasteiger partial charge in [0.1, 0.15) is 0 Å². The second-order valence-corrected chi connectivity index (χ2v) is 5.97. The Bertz CT molecular complexity index is 291. The Labute approximate surface area is 97.3 Å². The molecule has 1 saturated carbocycles. The van der Waals surface area contributed by atoms with Crippen LogP contribution in [0.5, 0.6) is 0 Å². The van der Waals surface area contributed by atoms with Crippen LogP contribution < -0.4 is 5.14 Å². The van der Waals surface area contributed by atoms with Crippen molar-refractivity contribution in [1.29, 1.82) is 0 Å². The van der Waals surface area contributed by atoms with E-state index in [4.69, 9.17) is 14.6 Å². The van der Waals surface area contributed by atoms with Crippen molar-refractivity contribution in [1.82, 2.24) is 0 Å². The van der Waals surface area contributed by atoms with E-state index in [9.17, 15) is 8.42 Å². The van der Waals surface area contributed by atoms with Crippen LogP contribution in [0.1, 0.15) is 32.1 Å². The summed E-state index contributed by atoms with van der Waals surface area (Å²) in [5.74, 6) is -0.00652. The number of methoxy groups -OCH3 is 1. The molecular formula is C10H21NO4S. The first-order valence-electron chi connectivity index (χ1n) is 5.66. The minimum atomic E-state index is -3.35. The zero-order valence-corrected chi connectivity index (χ0v) is 10.5. The molecule has 1 aliphatic rings. The minimum absolute atomic E-state index is 0.00652. The van der Waals surface area contributed by atoms with Crippen LogP contribution in [0.15, 0.2) is 0 Å². The van der Waals surface area contributed by atoms with Crippen molar-refractivity contribution < 1.29 is 17.9 Å². The van der Waals surface area contributed by atoms with Crippen molar-refractivity contribution in [3.8, 4) is 0 Å². The van der Waals surface area contributed by atoms with E-state index < -0.39 is 10.0 Å². The molecule has 0 heterocycles. The molecule has 16 heavy (non-hydrogen) atoms. The number of rotatable bonds is 6. The predicted molar refractivity (Wildman–Crippen MR) is 61.6 cm³/mol. The van der Waals surface area contributed by atoms with Gasteiger partial charge in [-0.25, -0.2) is 13.6 Å². The predicted octanol–water partition coefficient (Wildman–Crippen LogP) is 0.639. The molecule has 2 N–H and O–H groups in total. The molecule has 96 valence electrons. The number of primary sulfonamides is 1. The number of hydrogen-bond donors (Lipinski definition) is 1. The van der Waals surface area contributed by atoms with E-state index in [-0.39, 0.29) is 18.0 Å². The third kappa shape index (κ3) is 5.79. The highest BCUT2D eigenvalue weighted by molar-refractivity contribution is 7.89. The highest BCUT2D eigenvalue weighted by Gasteiger charge is 2.21. The lowest BCUT2D eigenvalue weighted by molar-refractivity contribution is -0.0289. The van der Waals surface area contributed by atoms with E-state index in [1.54, 1.807) is 7.11 Å². The number of hydrogen-bond acceptors (Lipinski definition) is 4. The third-order valence-electron chi connectivity index (χ3n) is 2.84. The van der Waals surface area contributed by atoms with Crippen LogP contribution in [0.4, 0.5) is 0 Å². The van der Waals surface area contributed by atoms with E-state index in [1.165, 1.54) is 0 Å². The summed E-state index contributed by atoms with van der Waals surface area (Å²) < 4.78 is 32.3. The quantitative estimate of drug-likeness (QED) is 0.703. The molecule has 1 rings (SSSR count). The molecule has 0 amide bonds. The van der Waals surface area contributed by atoms with Gasteiger partial charge in [0.15, 0.2) is 0 Å². The van der Waals surface area contributed by atoms with Gasteiger partial charge in [-0.1, -0.05) is 0 Å². The average molecular weight is 251 g/mol. The lowest BCUT2D eigenvalue weighted by atomic mass is 9.95. The second-order valence-electron chi connectivity index (χ2n) is 4.24. The van der Waals surface area contributed by atoms with Crippen molar-refractivity contribution in [3.05, 3.63) is 0 Å². The molecule has 2 atom stereocenters.